The summed E-state index contributed by atoms with van der Waals surface area (Å²) in [7, 11) is 0. The lowest BCUT2D eigenvalue weighted by Gasteiger charge is -2.11. The predicted molar refractivity (Wildman–Crippen MR) is 93.8 cm³/mol. The third-order valence-corrected chi connectivity index (χ3v) is 4.61. The van der Waals surface area contributed by atoms with Crippen LogP contribution in [0, 0.1) is 0 Å². The van der Waals surface area contributed by atoms with E-state index in [0.717, 1.165) is 27.9 Å². The smallest absolute Gasteiger partial charge is 0.0962 e. The summed E-state index contributed by atoms with van der Waals surface area (Å²) in [5.74, 6) is 0.0673. The van der Waals surface area contributed by atoms with E-state index in [1.54, 1.807) is 17.1 Å². The number of aliphatic hydroxyl groups is 1. The molecule has 1 atom stereocenters. The number of hydrogen-bond acceptors (Lipinski definition) is 5. The van der Waals surface area contributed by atoms with Crippen LogP contribution in [0.25, 0.3) is 11.3 Å². The molecule has 4 rings (SSSR count). The molecular weight excluding hydrogens is 316 g/mol. The first-order valence-electron chi connectivity index (χ1n) is 8.20. The summed E-state index contributed by atoms with van der Waals surface area (Å²) in [6, 6.07) is 11.8. The molecule has 0 bridgehead atoms. The summed E-state index contributed by atoms with van der Waals surface area (Å²) < 4.78 is 1.77. The Balaban J connectivity index is 1.86. The molecule has 2 heterocycles. The summed E-state index contributed by atoms with van der Waals surface area (Å²) in [5.41, 5.74) is 5.71. The fourth-order valence-electron chi connectivity index (χ4n) is 3.49. The van der Waals surface area contributed by atoms with Gasteiger partial charge in [-0.05, 0) is 17.7 Å². The van der Waals surface area contributed by atoms with Crippen molar-refractivity contribution >= 4 is 5.71 Å². The van der Waals surface area contributed by atoms with Crippen molar-refractivity contribution < 1.29 is 10.3 Å². The normalized spacial score (nSPS) is 17.8. The van der Waals surface area contributed by atoms with Gasteiger partial charge in [0.05, 0.1) is 24.6 Å². The second kappa shape index (κ2) is 6.49. The standard InChI is InChI=1S/C19H18N4O2/c24-10-9-23-12-17(19(21-23)13-5-7-20-8-6-13)16-11-18(22-25)15-4-2-1-3-14(15)16/h1-8,12,16,24-25H,9-11H2/b22-18-/t16-/m1/s1. The molecule has 0 spiro atoms. The zero-order valence-electron chi connectivity index (χ0n) is 13.6. The predicted octanol–water partition coefficient (Wildman–Crippen LogP) is 2.65. The van der Waals surface area contributed by atoms with Gasteiger partial charge >= 0.3 is 0 Å². The Morgan fingerprint density at radius 1 is 1.12 bits per heavy atom. The van der Waals surface area contributed by atoms with Gasteiger partial charge in [0.1, 0.15) is 0 Å². The number of oxime groups is 1. The lowest BCUT2D eigenvalue weighted by molar-refractivity contribution is 0.269. The molecule has 0 fully saturated rings. The largest absolute Gasteiger partial charge is 0.411 e. The molecule has 0 aliphatic heterocycles. The summed E-state index contributed by atoms with van der Waals surface area (Å²) in [6.45, 7) is 0.467. The molecule has 3 aromatic rings. The number of pyridine rings is 1. The van der Waals surface area contributed by atoms with E-state index in [9.17, 15) is 10.3 Å². The Labute approximate surface area is 145 Å². The minimum atomic E-state index is 0.0293. The van der Waals surface area contributed by atoms with E-state index in [4.69, 9.17) is 0 Å². The van der Waals surface area contributed by atoms with E-state index in [2.05, 4.69) is 21.3 Å². The maximum absolute atomic E-state index is 9.38. The van der Waals surface area contributed by atoms with E-state index in [1.807, 2.05) is 36.5 Å². The van der Waals surface area contributed by atoms with Crippen LogP contribution in [0.1, 0.15) is 29.0 Å². The average Bonchev–Trinajstić information content (AvgIpc) is 3.24. The molecule has 1 aliphatic carbocycles. The van der Waals surface area contributed by atoms with Gasteiger partial charge in [0.2, 0.25) is 0 Å². The Hall–Kier alpha value is -2.99. The van der Waals surface area contributed by atoms with Crippen molar-refractivity contribution in [2.24, 2.45) is 5.16 Å². The maximum Gasteiger partial charge on any atom is 0.0962 e. The molecule has 25 heavy (non-hydrogen) atoms. The van der Waals surface area contributed by atoms with Crippen LogP contribution in [0.15, 0.2) is 60.1 Å². The first-order chi connectivity index (χ1) is 12.3. The summed E-state index contributed by atoms with van der Waals surface area (Å²) in [4.78, 5) is 4.08. The van der Waals surface area contributed by atoms with Crippen LogP contribution in [0.3, 0.4) is 0 Å². The Bertz CT molecular complexity index is 918. The number of benzene rings is 1. The molecule has 6 nitrogen and oxygen atoms in total. The number of aromatic nitrogens is 3. The number of hydrogen-bond donors (Lipinski definition) is 2. The van der Waals surface area contributed by atoms with Crippen LogP contribution in [0.2, 0.25) is 0 Å². The van der Waals surface area contributed by atoms with Crippen molar-refractivity contribution in [1.29, 1.82) is 0 Å². The third-order valence-electron chi connectivity index (χ3n) is 4.61. The molecule has 126 valence electrons. The van der Waals surface area contributed by atoms with E-state index in [-0.39, 0.29) is 12.5 Å². The molecule has 0 saturated carbocycles. The minimum absolute atomic E-state index is 0.0293. The van der Waals surface area contributed by atoms with E-state index >= 15 is 0 Å². The molecule has 2 N–H and O–H groups in total. The first kappa shape index (κ1) is 15.5. The van der Waals surface area contributed by atoms with Gasteiger partial charge in [0, 0.05) is 47.6 Å². The second-order valence-electron chi connectivity index (χ2n) is 6.05. The topological polar surface area (TPSA) is 83.5 Å². The van der Waals surface area contributed by atoms with Crippen molar-refractivity contribution in [3.8, 4) is 11.3 Å². The van der Waals surface area contributed by atoms with Crippen LogP contribution >= 0.6 is 0 Å². The molecular formula is C19H18N4O2. The van der Waals surface area contributed by atoms with E-state index in [0.29, 0.717) is 18.7 Å². The van der Waals surface area contributed by atoms with Gasteiger partial charge in [-0.3, -0.25) is 9.67 Å². The quantitative estimate of drug-likeness (QED) is 0.567. The van der Waals surface area contributed by atoms with Crippen LogP contribution in [0.4, 0.5) is 0 Å². The van der Waals surface area contributed by atoms with Gasteiger partial charge in [0.25, 0.3) is 0 Å². The van der Waals surface area contributed by atoms with Crippen LogP contribution in [-0.4, -0.2) is 37.4 Å². The maximum atomic E-state index is 9.38. The van der Waals surface area contributed by atoms with Crippen molar-refractivity contribution in [2.45, 2.75) is 18.9 Å². The Morgan fingerprint density at radius 3 is 2.68 bits per heavy atom. The highest BCUT2D eigenvalue weighted by atomic mass is 16.4. The van der Waals surface area contributed by atoms with Gasteiger partial charge < -0.3 is 10.3 Å². The second-order valence-corrected chi connectivity index (χ2v) is 6.05. The number of fused-ring (bicyclic) bond motifs is 1. The summed E-state index contributed by atoms with van der Waals surface area (Å²) in [5, 5.41) is 26.8. The van der Waals surface area contributed by atoms with Crippen LogP contribution in [-0.2, 0) is 6.54 Å². The molecule has 0 radical (unpaired) electrons. The number of nitrogens with zero attached hydrogens (tertiary/aromatic N) is 4. The van der Waals surface area contributed by atoms with E-state index in [1.165, 1.54) is 0 Å². The molecule has 6 heteroatoms. The Kier molecular flexibility index (Phi) is 4.03. The molecule has 1 aromatic carbocycles. The van der Waals surface area contributed by atoms with Crippen molar-refractivity contribution in [2.75, 3.05) is 6.61 Å². The zero-order valence-corrected chi connectivity index (χ0v) is 13.6. The first-order valence-corrected chi connectivity index (χ1v) is 8.20. The van der Waals surface area contributed by atoms with Crippen molar-refractivity contribution in [3.05, 3.63) is 71.7 Å². The summed E-state index contributed by atoms with van der Waals surface area (Å²) in [6.07, 6.45) is 6.09. The number of aliphatic hydroxyl groups excluding tert-OH is 1. The Morgan fingerprint density at radius 2 is 1.92 bits per heavy atom. The summed E-state index contributed by atoms with van der Waals surface area (Å²) >= 11 is 0. The molecule has 0 saturated heterocycles. The fourth-order valence-corrected chi connectivity index (χ4v) is 3.49. The minimum Gasteiger partial charge on any atom is -0.411 e. The highest BCUT2D eigenvalue weighted by Crippen LogP contribution is 2.41. The zero-order chi connectivity index (χ0) is 17.2. The lowest BCUT2D eigenvalue weighted by atomic mass is 9.91. The lowest BCUT2D eigenvalue weighted by Crippen LogP contribution is -2.02. The molecule has 1 aliphatic rings. The average molecular weight is 334 g/mol. The van der Waals surface area contributed by atoms with Crippen LogP contribution < -0.4 is 0 Å². The van der Waals surface area contributed by atoms with Gasteiger partial charge in [-0.15, -0.1) is 0 Å². The third kappa shape index (κ3) is 2.70. The monoisotopic (exact) mass is 334 g/mol. The van der Waals surface area contributed by atoms with Crippen molar-refractivity contribution in [1.82, 2.24) is 14.8 Å². The highest BCUT2D eigenvalue weighted by molar-refractivity contribution is 6.05. The SMILES string of the molecule is OCCn1cc([C@@H]2C/C(=N/O)c3ccccc32)c(-c2ccncc2)n1. The van der Waals surface area contributed by atoms with Gasteiger partial charge in [-0.1, -0.05) is 29.4 Å². The van der Waals surface area contributed by atoms with Gasteiger partial charge in [0.15, 0.2) is 0 Å². The van der Waals surface area contributed by atoms with Crippen LogP contribution in [0.5, 0.6) is 0 Å². The molecule has 0 unspecified atom stereocenters. The fraction of sp³-hybridized carbons (Fsp3) is 0.211. The van der Waals surface area contributed by atoms with Crippen molar-refractivity contribution in [3.63, 3.8) is 0 Å². The van der Waals surface area contributed by atoms with Gasteiger partial charge in [-0.25, -0.2) is 0 Å². The van der Waals surface area contributed by atoms with Gasteiger partial charge in [-0.2, -0.15) is 5.10 Å². The molecule has 0 amide bonds. The van der Waals surface area contributed by atoms with E-state index < -0.39 is 0 Å². The number of rotatable bonds is 4. The highest BCUT2D eigenvalue weighted by Gasteiger charge is 2.32. The molecule has 2 aromatic heterocycles.